The van der Waals surface area contributed by atoms with Gasteiger partial charge in [0.15, 0.2) is 0 Å². The molecule has 2 heterocycles. The van der Waals surface area contributed by atoms with Crippen LogP contribution in [-0.4, -0.2) is 29.0 Å². The third-order valence-electron chi connectivity index (χ3n) is 3.24. The van der Waals surface area contributed by atoms with Crippen LogP contribution in [0.15, 0.2) is 0 Å². The Morgan fingerprint density at radius 2 is 2.41 bits per heavy atom. The van der Waals surface area contributed by atoms with Crippen molar-refractivity contribution >= 4 is 11.6 Å². The third-order valence-corrected chi connectivity index (χ3v) is 3.71. The van der Waals surface area contributed by atoms with E-state index in [2.05, 4.69) is 10.4 Å². The fourth-order valence-electron chi connectivity index (χ4n) is 2.22. The van der Waals surface area contributed by atoms with Crippen molar-refractivity contribution in [3.8, 4) is 0 Å². The Labute approximate surface area is 107 Å². The smallest absolute Gasteiger partial charge is 0.131 e. The maximum absolute atomic E-state index is 6.16. The molecule has 0 spiro atoms. The molecular weight excluding hydrogens is 238 g/mol. The van der Waals surface area contributed by atoms with E-state index in [4.69, 9.17) is 16.3 Å². The monoisotopic (exact) mass is 257 g/mol. The van der Waals surface area contributed by atoms with Gasteiger partial charge in [-0.3, -0.25) is 4.68 Å². The SMILES string of the molecule is Cc1nn(C)c(Cl)c1CNCC[C@@H]1CCCO1. The molecule has 1 fully saturated rings. The van der Waals surface area contributed by atoms with Gasteiger partial charge in [0.1, 0.15) is 5.15 Å². The molecule has 1 aromatic rings. The quantitative estimate of drug-likeness (QED) is 0.821. The maximum Gasteiger partial charge on any atom is 0.131 e. The lowest BCUT2D eigenvalue weighted by Gasteiger charge is -2.09. The average Bonchev–Trinajstić information content (AvgIpc) is 2.87. The lowest BCUT2D eigenvalue weighted by molar-refractivity contribution is 0.104. The van der Waals surface area contributed by atoms with E-state index in [9.17, 15) is 0 Å². The van der Waals surface area contributed by atoms with Gasteiger partial charge >= 0.3 is 0 Å². The topological polar surface area (TPSA) is 39.1 Å². The van der Waals surface area contributed by atoms with E-state index in [0.29, 0.717) is 6.10 Å². The van der Waals surface area contributed by atoms with Crippen LogP contribution in [0.5, 0.6) is 0 Å². The van der Waals surface area contributed by atoms with E-state index in [1.165, 1.54) is 12.8 Å². The number of nitrogens with zero attached hydrogens (tertiary/aromatic N) is 2. The summed E-state index contributed by atoms with van der Waals surface area (Å²) in [6.45, 7) is 4.67. The van der Waals surface area contributed by atoms with E-state index >= 15 is 0 Å². The summed E-state index contributed by atoms with van der Waals surface area (Å²) in [5, 5.41) is 8.42. The molecule has 1 aliphatic rings. The third kappa shape index (κ3) is 3.21. The Bertz CT molecular complexity index is 372. The normalized spacial score (nSPS) is 20.1. The van der Waals surface area contributed by atoms with Crippen molar-refractivity contribution in [1.82, 2.24) is 15.1 Å². The van der Waals surface area contributed by atoms with E-state index in [1.54, 1.807) is 4.68 Å². The van der Waals surface area contributed by atoms with Gasteiger partial charge in [-0.25, -0.2) is 0 Å². The van der Waals surface area contributed by atoms with E-state index < -0.39 is 0 Å². The van der Waals surface area contributed by atoms with Crippen molar-refractivity contribution in [3.63, 3.8) is 0 Å². The number of nitrogens with one attached hydrogen (secondary N) is 1. The highest BCUT2D eigenvalue weighted by Gasteiger charge is 2.15. The van der Waals surface area contributed by atoms with Crippen LogP contribution in [0.4, 0.5) is 0 Å². The van der Waals surface area contributed by atoms with Crippen molar-refractivity contribution in [2.75, 3.05) is 13.2 Å². The van der Waals surface area contributed by atoms with Gasteiger partial charge in [0.2, 0.25) is 0 Å². The first-order valence-corrected chi connectivity index (χ1v) is 6.56. The number of rotatable bonds is 5. The molecule has 17 heavy (non-hydrogen) atoms. The highest BCUT2D eigenvalue weighted by atomic mass is 35.5. The van der Waals surface area contributed by atoms with Crippen LogP contribution in [0.2, 0.25) is 5.15 Å². The van der Waals surface area contributed by atoms with Gasteiger partial charge in [0, 0.05) is 25.8 Å². The molecule has 96 valence electrons. The van der Waals surface area contributed by atoms with Crippen molar-refractivity contribution < 1.29 is 4.74 Å². The minimum Gasteiger partial charge on any atom is -0.378 e. The van der Waals surface area contributed by atoms with Gasteiger partial charge in [0.05, 0.1) is 11.8 Å². The first kappa shape index (κ1) is 12.9. The molecule has 0 bridgehead atoms. The molecule has 1 saturated heterocycles. The highest BCUT2D eigenvalue weighted by molar-refractivity contribution is 6.30. The van der Waals surface area contributed by atoms with E-state index in [1.807, 2.05) is 14.0 Å². The van der Waals surface area contributed by atoms with Gasteiger partial charge < -0.3 is 10.1 Å². The number of hydrogen-bond acceptors (Lipinski definition) is 3. The van der Waals surface area contributed by atoms with Crippen molar-refractivity contribution in [1.29, 1.82) is 0 Å². The minimum absolute atomic E-state index is 0.452. The molecule has 5 heteroatoms. The average molecular weight is 258 g/mol. The largest absolute Gasteiger partial charge is 0.378 e. The van der Waals surface area contributed by atoms with Crippen molar-refractivity contribution in [2.45, 2.75) is 38.8 Å². The lowest BCUT2D eigenvalue weighted by atomic mass is 10.2. The predicted molar refractivity (Wildman–Crippen MR) is 68.3 cm³/mol. The standard InChI is InChI=1S/C12H20ClN3O/c1-9-11(12(13)16(2)15-9)8-14-6-5-10-4-3-7-17-10/h10,14H,3-8H2,1-2H3/t10-/m0/s1. The first-order chi connectivity index (χ1) is 8.18. The van der Waals surface area contributed by atoms with Crippen LogP contribution in [0, 0.1) is 6.92 Å². The molecule has 1 aromatic heterocycles. The van der Waals surface area contributed by atoms with E-state index in [-0.39, 0.29) is 0 Å². The summed E-state index contributed by atoms with van der Waals surface area (Å²) < 4.78 is 7.29. The number of hydrogen-bond donors (Lipinski definition) is 1. The van der Waals surface area contributed by atoms with Gasteiger partial charge in [-0.15, -0.1) is 0 Å². The molecule has 0 aromatic carbocycles. The molecule has 1 N–H and O–H groups in total. The number of aromatic nitrogens is 2. The Kier molecular flexibility index (Phi) is 4.42. The minimum atomic E-state index is 0.452. The zero-order valence-electron chi connectivity index (χ0n) is 10.5. The zero-order valence-corrected chi connectivity index (χ0v) is 11.3. The molecule has 1 atom stereocenters. The second-order valence-electron chi connectivity index (χ2n) is 4.58. The molecule has 0 unspecified atom stereocenters. The van der Waals surface area contributed by atoms with Gasteiger partial charge in [-0.2, -0.15) is 5.10 Å². The summed E-state index contributed by atoms with van der Waals surface area (Å²) in [5.41, 5.74) is 2.10. The van der Waals surface area contributed by atoms with Crippen LogP contribution in [0.3, 0.4) is 0 Å². The summed E-state index contributed by atoms with van der Waals surface area (Å²) in [6, 6.07) is 0. The molecule has 2 rings (SSSR count). The summed E-state index contributed by atoms with van der Waals surface area (Å²) >= 11 is 6.16. The lowest BCUT2D eigenvalue weighted by Crippen LogP contribution is -2.20. The van der Waals surface area contributed by atoms with Crippen LogP contribution in [0.1, 0.15) is 30.5 Å². The van der Waals surface area contributed by atoms with Gasteiger partial charge in [0.25, 0.3) is 0 Å². The van der Waals surface area contributed by atoms with Crippen molar-refractivity contribution in [3.05, 3.63) is 16.4 Å². The Morgan fingerprint density at radius 1 is 1.59 bits per heavy atom. The molecule has 1 aliphatic heterocycles. The molecule has 4 nitrogen and oxygen atoms in total. The highest BCUT2D eigenvalue weighted by Crippen LogP contribution is 2.18. The molecule has 0 radical (unpaired) electrons. The Hall–Kier alpha value is -0.580. The fourth-order valence-corrected chi connectivity index (χ4v) is 2.46. The summed E-state index contributed by atoms with van der Waals surface area (Å²) in [7, 11) is 1.87. The van der Waals surface area contributed by atoms with Gasteiger partial charge in [-0.1, -0.05) is 11.6 Å². The van der Waals surface area contributed by atoms with Crippen LogP contribution in [-0.2, 0) is 18.3 Å². The van der Waals surface area contributed by atoms with E-state index in [0.717, 1.165) is 42.5 Å². The molecule has 0 saturated carbocycles. The Balaban J connectivity index is 1.74. The Morgan fingerprint density at radius 3 is 3.00 bits per heavy atom. The van der Waals surface area contributed by atoms with Crippen LogP contribution >= 0.6 is 11.6 Å². The number of aryl methyl sites for hydroxylation is 2. The summed E-state index contributed by atoms with van der Waals surface area (Å²) in [4.78, 5) is 0. The van der Waals surface area contributed by atoms with Crippen LogP contribution in [0.25, 0.3) is 0 Å². The first-order valence-electron chi connectivity index (χ1n) is 6.18. The van der Waals surface area contributed by atoms with Crippen molar-refractivity contribution in [2.24, 2.45) is 7.05 Å². The second kappa shape index (κ2) is 5.85. The maximum atomic E-state index is 6.16. The summed E-state index contributed by atoms with van der Waals surface area (Å²) in [5.74, 6) is 0. The van der Waals surface area contributed by atoms with Gasteiger partial charge in [-0.05, 0) is 32.7 Å². The molecular formula is C12H20ClN3O. The molecule has 0 amide bonds. The zero-order chi connectivity index (χ0) is 12.3. The predicted octanol–water partition coefficient (Wildman–Crippen LogP) is 2.04. The fraction of sp³-hybridized carbons (Fsp3) is 0.750. The molecule has 0 aliphatic carbocycles. The summed E-state index contributed by atoms with van der Waals surface area (Å²) in [6.07, 6.45) is 3.94. The van der Waals surface area contributed by atoms with Crippen LogP contribution < -0.4 is 5.32 Å². The second-order valence-corrected chi connectivity index (χ2v) is 4.94. The number of ether oxygens (including phenoxy) is 1. The number of halogens is 1.